The van der Waals surface area contributed by atoms with Gasteiger partial charge in [-0.1, -0.05) is 15.9 Å². The Kier molecular flexibility index (Phi) is 2.67. The zero-order valence-electron chi connectivity index (χ0n) is 7.17. The molecule has 0 saturated carbocycles. The van der Waals surface area contributed by atoms with Crippen LogP contribution < -0.4 is 0 Å². The number of hydrogen-bond donors (Lipinski definition) is 1. The van der Waals surface area contributed by atoms with Crippen LogP contribution in [0, 0.1) is 6.92 Å². The van der Waals surface area contributed by atoms with E-state index in [0.29, 0.717) is 0 Å². The van der Waals surface area contributed by atoms with E-state index >= 15 is 0 Å². The Morgan fingerprint density at radius 2 is 2.15 bits per heavy atom. The third-order valence-corrected chi connectivity index (χ3v) is 3.83. The first-order valence-electron chi connectivity index (χ1n) is 3.98. The fourth-order valence-electron chi connectivity index (χ4n) is 1.43. The van der Waals surface area contributed by atoms with Gasteiger partial charge >= 0.3 is 0 Å². The standard InChI is InChI=1S/C10H9BrS2/c1-6-2-9-7(5-11)3-8(12)4-10(9)13-6/h2-4,12H,5H2,1H3. The van der Waals surface area contributed by atoms with Crippen molar-refractivity contribution in [3.8, 4) is 0 Å². The molecule has 1 heterocycles. The number of thiophene rings is 1. The highest BCUT2D eigenvalue weighted by molar-refractivity contribution is 9.08. The molecule has 0 bridgehead atoms. The van der Waals surface area contributed by atoms with Crippen LogP contribution in [-0.4, -0.2) is 0 Å². The minimum atomic E-state index is 0.897. The molecule has 68 valence electrons. The first-order valence-corrected chi connectivity index (χ1v) is 6.37. The van der Waals surface area contributed by atoms with E-state index in [2.05, 4.69) is 53.7 Å². The molecule has 0 spiro atoms. The lowest BCUT2D eigenvalue weighted by Crippen LogP contribution is -1.78. The summed E-state index contributed by atoms with van der Waals surface area (Å²) >= 11 is 9.70. The van der Waals surface area contributed by atoms with Crippen molar-refractivity contribution in [3.05, 3.63) is 28.6 Å². The number of fused-ring (bicyclic) bond motifs is 1. The molecule has 0 aliphatic carbocycles. The zero-order valence-corrected chi connectivity index (χ0v) is 10.5. The lowest BCUT2D eigenvalue weighted by Gasteiger charge is -1.99. The Labute approximate surface area is 95.5 Å². The summed E-state index contributed by atoms with van der Waals surface area (Å²) < 4.78 is 1.33. The molecule has 0 N–H and O–H groups in total. The molecular formula is C10H9BrS2. The molecule has 0 amide bonds. The van der Waals surface area contributed by atoms with E-state index in [9.17, 15) is 0 Å². The summed E-state index contributed by atoms with van der Waals surface area (Å²) in [6.07, 6.45) is 0. The molecule has 1 aromatic heterocycles. The third kappa shape index (κ3) is 1.78. The monoisotopic (exact) mass is 272 g/mol. The second-order valence-corrected chi connectivity index (χ2v) is 5.37. The molecule has 2 rings (SSSR count). The Hall–Kier alpha value is 0.01000. The molecule has 2 aromatic rings. The lowest BCUT2D eigenvalue weighted by atomic mass is 10.1. The molecule has 0 nitrogen and oxygen atoms in total. The van der Waals surface area contributed by atoms with Crippen molar-refractivity contribution in [3.63, 3.8) is 0 Å². The van der Waals surface area contributed by atoms with Gasteiger partial charge < -0.3 is 0 Å². The van der Waals surface area contributed by atoms with Crippen LogP contribution >= 0.6 is 39.9 Å². The molecule has 0 unspecified atom stereocenters. The summed E-state index contributed by atoms with van der Waals surface area (Å²) in [6.45, 7) is 2.14. The van der Waals surface area contributed by atoms with Crippen molar-refractivity contribution in [2.24, 2.45) is 0 Å². The first kappa shape index (κ1) is 9.56. The van der Waals surface area contributed by atoms with Gasteiger partial charge in [0.2, 0.25) is 0 Å². The summed E-state index contributed by atoms with van der Waals surface area (Å²) in [4.78, 5) is 2.40. The van der Waals surface area contributed by atoms with E-state index < -0.39 is 0 Å². The number of halogens is 1. The molecule has 0 fully saturated rings. The number of thiol groups is 1. The second kappa shape index (κ2) is 3.64. The van der Waals surface area contributed by atoms with Gasteiger partial charge in [0.05, 0.1) is 0 Å². The maximum atomic E-state index is 4.38. The molecule has 1 aromatic carbocycles. The number of benzene rings is 1. The largest absolute Gasteiger partial charge is 0.143 e. The highest BCUT2D eigenvalue weighted by Crippen LogP contribution is 2.31. The average molecular weight is 273 g/mol. The molecule has 0 aliphatic rings. The van der Waals surface area contributed by atoms with Crippen molar-refractivity contribution >= 4 is 50.0 Å². The molecule has 0 radical (unpaired) electrons. The summed E-state index contributed by atoms with van der Waals surface area (Å²) in [6, 6.07) is 6.48. The SMILES string of the molecule is Cc1cc2c(CBr)cc(S)cc2s1. The molecular weight excluding hydrogens is 264 g/mol. The van der Waals surface area contributed by atoms with E-state index in [1.165, 1.54) is 20.5 Å². The second-order valence-electron chi connectivity index (χ2n) is 3.01. The molecule has 0 saturated heterocycles. The Balaban J connectivity index is 2.80. The lowest BCUT2D eigenvalue weighted by molar-refractivity contribution is 1.41. The molecule has 0 atom stereocenters. The van der Waals surface area contributed by atoms with Crippen LogP contribution in [0.4, 0.5) is 0 Å². The normalized spacial score (nSPS) is 11.0. The fraction of sp³-hybridized carbons (Fsp3) is 0.200. The van der Waals surface area contributed by atoms with Crippen LogP contribution in [0.25, 0.3) is 10.1 Å². The summed E-state index contributed by atoms with van der Waals surface area (Å²) in [5.41, 5.74) is 1.33. The maximum absolute atomic E-state index is 4.38. The van der Waals surface area contributed by atoms with Gasteiger partial charge in [0, 0.05) is 19.8 Å². The van der Waals surface area contributed by atoms with Crippen molar-refractivity contribution in [1.29, 1.82) is 0 Å². The van der Waals surface area contributed by atoms with Crippen LogP contribution in [0.1, 0.15) is 10.4 Å². The Morgan fingerprint density at radius 1 is 1.38 bits per heavy atom. The van der Waals surface area contributed by atoms with Crippen molar-refractivity contribution < 1.29 is 0 Å². The van der Waals surface area contributed by atoms with Gasteiger partial charge in [-0.25, -0.2) is 0 Å². The van der Waals surface area contributed by atoms with Gasteiger partial charge in [0.25, 0.3) is 0 Å². The summed E-state index contributed by atoms with van der Waals surface area (Å²) in [5.74, 6) is 0. The van der Waals surface area contributed by atoms with E-state index in [4.69, 9.17) is 0 Å². The molecule has 13 heavy (non-hydrogen) atoms. The van der Waals surface area contributed by atoms with E-state index in [1.54, 1.807) is 0 Å². The Bertz CT molecular complexity index is 445. The number of rotatable bonds is 1. The predicted octanol–water partition coefficient (Wildman–Crippen LogP) is 4.39. The van der Waals surface area contributed by atoms with E-state index in [0.717, 1.165) is 10.2 Å². The number of hydrogen-bond acceptors (Lipinski definition) is 2. The van der Waals surface area contributed by atoms with Gasteiger partial charge in [-0.2, -0.15) is 0 Å². The molecule has 3 heteroatoms. The van der Waals surface area contributed by atoms with E-state index in [-0.39, 0.29) is 0 Å². The predicted molar refractivity (Wildman–Crippen MR) is 66.4 cm³/mol. The van der Waals surface area contributed by atoms with Gasteiger partial charge in [0.1, 0.15) is 0 Å². The Morgan fingerprint density at radius 3 is 2.85 bits per heavy atom. The van der Waals surface area contributed by atoms with Crippen molar-refractivity contribution in [2.45, 2.75) is 17.1 Å². The quantitative estimate of drug-likeness (QED) is 0.578. The fourth-order valence-corrected chi connectivity index (χ4v) is 3.28. The average Bonchev–Trinajstić information content (AvgIpc) is 2.43. The van der Waals surface area contributed by atoms with E-state index in [1.807, 2.05) is 11.3 Å². The number of alkyl halides is 1. The topological polar surface area (TPSA) is 0 Å². The smallest absolute Gasteiger partial charge is 0.0359 e. The van der Waals surface area contributed by atoms with Crippen molar-refractivity contribution in [2.75, 3.05) is 0 Å². The number of aryl methyl sites for hydroxylation is 1. The van der Waals surface area contributed by atoms with Crippen LogP contribution in [0.2, 0.25) is 0 Å². The van der Waals surface area contributed by atoms with Crippen LogP contribution in [0.3, 0.4) is 0 Å². The van der Waals surface area contributed by atoms with Crippen LogP contribution in [0.5, 0.6) is 0 Å². The highest BCUT2D eigenvalue weighted by Gasteiger charge is 2.04. The minimum Gasteiger partial charge on any atom is -0.143 e. The minimum absolute atomic E-state index is 0.897. The van der Waals surface area contributed by atoms with Gasteiger partial charge in [-0.15, -0.1) is 24.0 Å². The van der Waals surface area contributed by atoms with Gasteiger partial charge in [-0.05, 0) is 36.1 Å². The zero-order chi connectivity index (χ0) is 9.42. The maximum Gasteiger partial charge on any atom is 0.0359 e. The third-order valence-electron chi connectivity index (χ3n) is 1.98. The summed E-state index contributed by atoms with van der Waals surface area (Å²) in [7, 11) is 0. The molecule has 0 aliphatic heterocycles. The van der Waals surface area contributed by atoms with Crippen LogP contribution in [0.15, 0.2) is 23.1 Å². The van der Waals surface area contributed by atoms with Gasteiger partial charge in [-0.3, -0.25) is 0 Å². The van der Waals surface area contributed by atoms with Crippen LogP contribution in [-0.2, 0) is 5.33 Å². The summed E-state index contributed by atoms with van der Waals surface area (Å²) in [5, 5.41) is 2.26. The highest BCUT2D eigenvalue weighted by atomic mass is 79.9. The first-order chi connectivity index (χ1) is 6.20. The van der Waals surface area contributed by atoms with Crippen molar-refractivity contribution in [1.82, 2.24) is 0 Å². The van der Waals surface area contributed by atoms with Gasteiger partial charge in [0.15, 0.2) is 0 Å².